The Morgan fingerprint density at radius 1 is 1.18 bits per heavy atom. The van der Waals surface area contributed by atoms with Crippen molar-refractivity contribution in [1.82, 2.24) is 14.6 Å². The minimum absolute atomic E-state index is 0.00887. The summed E-state index contributed by atoms with van der Waals surface area (Å²) in [6, 6.07) is 4.30. The number of nitrogens with two attached hydrogens (primary N) is 1. The lowest BCUT2D eigenvalue weighted by molar-refractivity contribution is -0.162. The molecular formula is C29H40N6O9. The summed E-state index contributed by atoms with van der Waals surface area (Å²) >= 11 is 0. The van der Waals surface area contributed by atoms with Crippen LogP contribution in [0.5, 0.6) is 0 Å². The molecule has 0 saturated heterocycles. The zero-order chi connectivity index (χ0) is 33.0. The van der Waals surface area contributed by atoms with Gasteiger partial charge in [-0.05, 0) is 44.7 Å². The van der Waals surface area contributed by atoms with E-state index in [9.17, 15) is 29.5 Å². The molecule has 0 spiro atoms. The van der Waals surface area contributed by atoms with Gasteiger partial charge in [0.2, 0.25) is 6.79 Å². The van der Waals surface area contributed by atoms with E-state index in [1.807, 2.05) is 0 Å². The first-order valence-electron chi connectivity index (χ1n) is 14.1. The van der Waals surface area contributed by atoms with Gasteiger partial charge in [0.05, 0.1) is 23.8 Å². The van der Waals surface area contributed by atoms with Crippen molar-refractivity contribution in [3.05, 3.63) is 24.2 Å². The van der Waals surface area contributed by atoms with Gasteiger partial charge in [0.15, 0.2) is 5.82 Å². The number of aliphatic hydroxyl groups excluding tert-OH is 1. The topological polar surface area (TPSA) is 217 Å². The van der Waals surface area contributed by atoms with Crippen LogP contribution < -0.4 is 11.1 Å². The molecule has 5 atom stereocenters. The Morgan fingerprint density at radius 2 is 1.86 bits per heavy atom. The third kappa shape index (κ3) is 7.25. The van der Waals surface area contributed by atoms with Crippen LogP contribution in [0.3, 0.4) is 0 Å². The molecule has 0 radical (unpaired) electrons. The summed E-state index contributed by atoms with van der Waals surface area (Å²) in [5, 5.41) is 28.6. The Hall–Kier alpha value is -4.29. The van der Waals surface area contributed by atoms with Crippen LogP contribution in [0, 0.1) is 28.1 Å². The number of carbonyl (C=O) groups excluding carboxylic acids is 4. The third-order valence-corrected chi connectivity index (χ3v) is 7.37. The van der Waals surface area contributed by atoms with Gasteiger partial charge in [0.25, 0.3) is 0 Å². The smallest absolute Gasteiger partial charge is 0.415 e. The number of anilines is 1. The van der Waals surface area contributed by atoms with Crippen LogP contribution in [0.15, 0.2) is 18.5 Å². The maximum Gasteiger partial charge on any atom is 0.415 e. The van der Waals surface area contributed by atoms with E-state index in [4.69, 9.17) is 24.7 Å². The summed E-state index contributed by atoms with van der Waals surface area (Å²) in [7, 11) is 0. The molecule has 1 amide bonds. The summed E-state index contributed by atoms with van der Waals surface area (Å²) in [6.07, 6.45) is -2.60. The van der Waals surface area contributed by atoms with Gasteiger partial charge in [-0.25, -0.2) is 14.3 Å². The molecule has 2 aromatic rings. The highest BCUT2D eigenvalue weighted by atomic mass is 16.7. The highest BCUT2D eigenvalue weighted by molar-refractivity contribution is 5.88. The summed E-state index contributed by atoms with van der Waals surface area (Å²) in [5.74, 6) is -2.58. The second-order valence-corrected chi connectivity index (χ2v) is 12.8. The SMILES string of the molecule is CCC(=O)O[C@@H]1[C@@H](COC(=O)[C@@H](N)C(C)(C)C)C[C@@](C#N)(c2ccc3c(NC(=O)OCOC(=O)C(C)(C)C)ncnn23)[C@@H]1O. The molecule has 15 heteroatoms. The lowest BCUT2D eigenvalue weighted by Crippen LogP contribution is -2.44. The number of rotatable bonds is 9. The molecule has 1 fully saturated rings. The normalized spacial score (nSPS) is 22.5. The van der Waals surface area contributed by atoms with Gasteiger partial charge >= 0.3 is 24.0 Å². The molecular weight excluding hydrogens is 576 g/mol. The van der Waals surface area contributed by atoms with Gasteiger partial charge in [-0.3, -0.25) is 19.7 Å². The number of esters is 3. The van der Waals surface area contributed by atoms with E-state index in [0.717, 1.165) is 6.33 Å². The second-order valence-electron chi connectivity index (χ2n) is 12.8. The van der Waals surface area contributed by atoms with Crippen molar-refractivity contribution in [3.63, 3.8) is 0 Å². The molecule has 2 heterocycles. The predicted molar refractivity (Wildman–Crippen MR) is 153 cm³/mol. The summed E-state index contributed by atoms with van der Waals surface area (Å²) in [6.45, 7) is 11.0. The van der Waals surface area contributed by atoms with E-state index in [2.05, 4.69) is 21.5 Å². The van der Waals surface area contributed by atoms with E-state index >= 15 is 0 Å². The summed E-state index contributed by atoms with van der Waals surface area (Å²) in [5.41, 5.74) is 3.48. The molecule has 44 heavy (non-hydrogen) atoms. The van der Waals surface area contributed by atoms with Crippen LogP contribution in [0.1, 0.15) is 67.0 Å². The van der Waals surface area contributed by atoms with Crippen molar-refractivity contribution < 1.29 is 43.2 Å². The van der Waals surface area contributed by atoms with Gasteiger partial charge in [0, 0.05) is 12.3 Å². The van der Waals surface area contributed by atoms with Crippen LogP contribution in [0.4, 0.5) is 10.6 Å². The van der Waals surface area contributed by atoms with Crippen LogP contribution in [0.25, 0.3) is 5.52 Å². The minimum Gasteiger partial charge on any atom is -0.464 e. The van der Waals surface area contributed by atoms with Crippen LogP contribution in [0.2, 0.25) is 0 Å². The second kappa shape index (κ2) is 13.1. The van der Waals surface area contributed by atoms with Crippen molar-refractivity contribution in [2.75, 3.05) is 18.7 Å². The summed E-state index contributed by atoms with van der Waals surface area (Å²) in [4.78, 5) is 53.3. The van der Waals surface area contributed by atoms with Crippen molar-refractivity contribution in [2.45, 2.75) is 85.0 Å². The predicted octanol–water partition coefficient (Wildman–Crippen LogP) is 2.21. The van der Waals surface area contributed by atoms with Crippen molar-refractivity contribution >= 4 is 35.3 Å². The first kappa shape index (κ1) is 34.2. The standard InChI is InChI=1S/C29H40N6O9/c1-8-19(36)44-20-16(12-41-24(38)21(31)27(2,3)4)11-29(13-30,22(20)37)18-10-9-17-23(32-14-33-35(17)18)34-26(40)43-15-42-25(39)28(5,6)7/h9-10,14,16,20-22,37H,8,11-12,15,31H2,1-7H3,(H,32,33,34,40)/t16-,20-,21-,22-,29-/m1/s1. The molecule has 1 aliphatic carbocycles. The number of ether oxygens (including phenoxy) is 4. The van der Waals surface area contributed by atoms with E-state index in [0.29, 0.717) is 0 Å². The third-order valence-electron chi connectivity index (χ3n) is 7.37. The average molecular weight is 617 g/mol. The van der Waals surface area contributed by atoms with Gasteiger partial charge in [0.1, 0.15) is 35.5 Å². The number of aromatic nitrogens is 3. The highest BCUT2D eigenvalue weighted by Gasteiger charge is 2.58. The molecule has 3 rings (SSSR count). The number of hydrogen-bond donors (Lipinski definition) is 3. The molecule has 1 saturated carbocycles. The van der Waals surface area contributed by atoms with Crippen LogP contribution in [-0.4, -0.2) is 75.4 Å². The minimum atomic E-state index is -1.67. The molecule has 15 nitrogen and oxygen atoms in total. The van der Waals surface area contributed by atoms with E-state index < -0.39 is 71.2 Å². The van der Waals surface area contributed by atoms with Gasteiger partial charge in [-0.1, -0.05) is 27.7 Å². The number of amides is 1. The largest absolute Gasteiger partial charge is 0.464 e. The first-order valence-corrected chi connectivity index (χ1v) is 14.1. The zero-order valence-electron chi connectivity index (χ0n) is 25.9. The number of carbonyl (C=O) groups is 4. The Balaban J connectivity index is 1.88. The number of fused-ring (bicyclic) bond motifs is 1. The average Bonchev–Trinajstić information content (AvgIpc) is 3.50. The number of hydrogen-bond acceptors (Lipinski definition) is 13. The summed E-state index contributed by atoms with van der Waals surface area (Å²) < 4.78 is 22.2. The van der Waals surface area contributed by atoms with Crippen molar-refractivity contribution in [2.24, 2.45) is 22.5 Å². The molecule has 2 aromatic heterocycles. The Bertz CT molecular complexity index is 1440. The van der Waals surface area contributed by atoms with Gasteiger partial charge in [-0.2, -0.15) is 10.4 Å². The van der Waals surface area contributed by atoms with E-state index in [1.54, 1.807) is 48.5 Å². The Kier molecular flexibility index (Phi) is 10.2. The lowest BCUT2D eigenvalue weighted by Gasteiger charge is -2.27. The van der Waals surface area contributed by atoms with Gasteiger partial charge < -0.3 is 29.8 Å². The van der Waals surface area contributed by atoms with Crippen molar-refractivity contribution in [3.8, 4) is 6.07 Å². The number of aliphatic hydroxyl groups is 1. The fourth-order valence-electron chi connectivity index (χ4n) is 4.65. The molecule has 240 valence electrons. The molecule has 4 N–H and O–H groups in total. The molecule has 0 unspecified atom stereocenters. The first-order chi connectivity index (χ1) is 20.5. The van der Waals surface area contributed by atoms with Crippen LogP contribution >= 0.6 is 0 Å². The number of nitrogens with zero attached hydrogens (tertiary/aromatic N) is 4. The molecule has 0 aliphatic heterocycles. The zero-order valence-corrected chi connectivity index (χ0v) is 25.9. The maximum absolute atomic E-state index is 12.6. The molecule has 1 aliphatic rings. The number of nitrogens with one attached hydrogen (secondary N) is 1. The molecule has 0 bridgehead atoms. The lowest BCUT2D eigenvalue weighted by atomic mass is 9.81. The number of nitriles is 1. The van der Waals surface area contributed by atoms with E-state index in [-0.39, 0.29) is 36.5 Å². The quantitative estimate of drug-likeness (QED) is 0.209. The fourth-order valence-corrected chi connectivity index (χ4v) is 4.65. The fraction of sp³-hybridized carbons (Fsp3) is 0.621. The Labute approximate surface area is 255 Å². The Morgan fingerprint density at radius 3 is 2.45 bits per heavy atom. The van der Waals surface area contributed by atoms with Crippen LogP contribution in [-0.2, 0) is 38.7 Å². The monoisotopic (exact) mass is 616 g/mol. The van der Waals surface area contributed by atoms with E-state index in [1.165, 1.54) is 16.6 Å². The molecule has 0 aromatic carbocycles. The van der Waals surface area contributed by atoms with Gasteiger partial charge in [-0.15, -0.1) is 0 Å². The highest BCUT2D eigenvalue weighted by Crippen LogP contribution is 2.46. The maximum atomic E-state index is 12.6. The van der Waals surface area contributed by atoms with Crippen molar-refractivity contribution in [1.29, 1.82) is 5.26 Å².